The molecular weight excluding hydrogens is 318 g/mol. The van der Waals surface area contributed by atoms with Gasteiger partial charge in [0.2, 0.25) is 0 Å². The number of amides is 1. The molecule has 1 heterocycles. The van der Waals surface area contributed by atoms with Crippen LogP contribution in [0.5, 0.6) is 5.75 Å². The maximum absolute atomic E-state index is 12.4. The van der Waals surface area contributed by atoms with Crippen molar-refractivity contribution in [1.29, 1.82) is 0 Å². The molecule has 0 radical (unpaired) electrons. The molecule has 5 nitrogen and oxygen atoms in total. The van der Waals surface area contributed by atoms with Gasteiger partial charge in [-0.15, -0.1) is 0 Å². The summed E-state index contributed by atoms with van der Waals surface area (Å²) in [7, 11) is 0. The fraction of sp³-hybridized carbons (Fsp3) is 0.529. The predicted molar refractivity (Wildman–Crippen MR) is 87.9 cm³/mol. The van der Waals surface area contributed by atoms with E-state index in [4.69, 9.17) is 21.4 Å². The van der Waals surface area contributed by atoms with E-state index in [0.717, 1.165) is 24.8 Å². The molecule has 0 bridgehead atoms. The summed E-state index contributed by atoms with van der Waals surface area (Å²) in [6.07, 6.45) is 3.44. The van der Waals surface area contributed by atoms with E-state index in [0.29, 0.717) is 23.7 Å². The Morgan fingerprint density at radius 2 is 2.17 bits per heavy atom. The van der Waals surface area contributed by atoms with E-state index < -0.39 is 5.97 Å². The number of piperidine rings is 1. The van der Waals surface area contributed by atoms with Crippen LogP contribution < -0.4 is 4.74 Å². The SMILES string of the molecule is Cc1cc(Cl)ccc1OCC(=O)N1CCCCC1CCC(=O)O. The highest BCUT2D eigenvalue weighted by Crippen LogP contribution is 2.23. The normalized spacial score (nSPS) is 17.8. The molecule has 0 aromatic heterocycles. The van der Waals surface area contributed by atoms with Gasteiger partial charge in [0.15, 0.2) is 6.61 Å². The number of carbonyl (C=O) groups excluding carboxylic acids is 1. The minimum Gasteiger partial charge on any atom is -0.483 e. The summed E-state index contributed by atoms with van der Waals surface area (Å²) in [5.74, 6) is -0.271. The number of likely N-dealkylation sites (tertiary alicyclic amines) is 1. The van der Waals surface area contributed by atoms with Crippen LogP contribution in [0.4, 0.5) is 0 Å². The van der Waals surface area contributed by atoms with Crippen LogP contribution in [-0.2, 0) is 9.59 Å². The highest BCUT2D eigenvalue weighted by atomic mass is 35.5. The van der Waals surface area contributed by atoms with Crippen LogP contribution in [-0.4, -0.2) is 41.1 Å². The van der Waals surface area contributed by atoms with Crippen LogP contribution in [0.25, 0.3) is 0 Å². The summed E-state index contributed by atoms with van der Waals surface area (Å²) in [5.41, 5.74) is 0.881. The second-order valence-corrected chi connectivity index (χ2v) is 6.30. The smallest absolute Gasteiger partial charge is 0.303 e. The Hall–Kier alpha value is -1.75. The molecule has 126 valence electrons. The molecule has 0 saturated carbocycles. The van der Waals surface area contributed by atoms with Crippen molar-refractivity contribution >= 4 is 23.5 Å². The minimum atomic E-state index is -0.823. The number of nitrogens with zero attached hydrogens (tertiary/aromatic N) is 1. The molecule has 0 aliphatic carbocycles. The van der Waals surface area contributed by atoms with E-state index in [2.05, 4.69) is 0 Å². The lowest BCUT2D eigenvalue weighted by atomic mass is 9.98. The van der Waals surface area contributed by atoms with Gasteiger partial charge in [0.25, 0.3) is 5.91 Å². The molecule has 1 saturated heterocycles. The topological polar surface area (TPSA) is 66.8 Å². The molecule has 0 spiro atoms. The molecular formula is C17H22ClNO4. The fourth-order valence-corrected chi connectivity index (χ4v) is 3.14. The number of ether oxygens (including phenoxy) is 1. The van der Waals surface area contributed by atoms with Crippen molar-refractivity contribution < 1.29 is 19.4 Å². The van der Waals surface area contributed by atoms with Crippen molar-refractivity contribution in [3.63, 3.8) is 0 Å². The minimum absolute atomic E-state index is 0.00210. The first-order valence-electron chi connectivity index (χ1n) is 7.87. The van der Waals surface area contributed by atoms with Gasteiger partial charge in [0.1, 0.15) is 5.75 Å². The van der Waals surface area contributed by atoms with E-state index in [1.165, 1.54) is 0 Å². The maximum atomic E-state index is 12.4. The van der Waals surface area contributed by atoms with E-state index in [-0.39, 0.29) is 25.0 Å². The largest absolute Gasteiger partial charge is 0.483 e. The van der Waals surface area contributed by atoms with Gasteiger partial charge in [-0.05, 0) is 56.4 Å². The lowest BCUT2D eigenvalue weighted by Gasteiger charge is -2.35. The zero-order valence-electron chi connectivity index (χ0n) is 13.3. The first-order chi connectivity index (χ1) is 11.0. The first kappa shape index (κ1) is 17.6. The fourth-order valence-electron chi connectivity index (χ4n) is 2.92. The zero-order chi connectivity index (χ0) is 16.8. The van der Waals surface area contributed by atoms with Crippen LogP contribution in [0.3, 0.4) is 0 Å². The highest BCUT2D eigenvalue weighted by molar-refractivity contribution is 6.30. The number of hydrogen-bond donors (Lipinski definition) is 1. The van der Waals surface area contributed by atoms with E-state index in [1.54, 1.807) is 23.1 Å². The molecule has 23 heavy (non-hydrogen) atoms. The van der Waals surface area contributed by atoms with Gasteiger partial charge in [0.05, 0.1) is 0 Å². The van der Waals surface area contributed by atoms with Crippen LogP contribution in [0, 0.1) is 6.92 Å². The molecule has 1 fully saturated rings. The van der Waals surface area contributed by atoms with Gasteiger partial charge in [-0.3, -0.25) is 9.59 Å². The molecule has 1 unspecified atom stereocenters. The van der Waals surface area contributed by atoms with Crippen molar-refractivity contribution in [3.8, 4) is 5.75 Å². The number of carbonyl (C=O) groups is 2. The Bertz CT molecular complexity index is 576. The summed E-state index contributed by atoms with van der Waals surface area (Å²) in [6, 6.07) is 5.27. The third kappa shape index (κ3) is 5.13. The number of carboxylic acids is 1. The number of benzene rings is 1. The Morgan fingerprint density at radius 1 is 1.39 bits per heavy atom. The molecule has 1 aromatic carbocycles. The lowest BCUT2D eigenvalue weighted by molar-refractivity contribution is -0.141. The zero-order valence-corrected chi connectivity index (χ0v) is 14.0. The maximum Gasteiger partial charge on any atom is 0.303 e. The standard InChI is InChI=1S/C17H22ClNO4/c1-12-10-13(18)5-7-15(12)23-11-16(20)19-9-3-2-4-14(19)6-8-17(21)22/h5,7,10,14H,2-4,6,8-9,11H2,1H3,(H,21,22). The molecule has 1 atom stereocenters. The summed E-state index contributed by atoms with van der Waals surface area (Å²) in [5, 5.41) is 9.47. The second kappa shape index (κ2) is 8.20. The molecule has 6 heteroatoms. The Labute approximate surface area is 141 Å². The molecule has 1 N–H and O–H groups in total. The Balaban J connectivity index is 1.93. The van der Waals surface area contributed by atoms with E-state index in [9.17, 15) is 9.59 Å². The van der Waals surface area contributed by atoms with Crippen LogP contribution in [0.15, 0.2) is 18.2 Å². The summed E-state index contributed by atoms with van der Waals surface area (Å²) in [4.78, 5) is 25.0. The average molecular weight is 340 g/mol. The summed E-state index contributed by atoms with van der Waals surface area (Å²) >= 11 is 5.90. The molecule has 1 aromatic rings. The predicted octanol–water partition coefficient (Wildman–Crippen LogP) is 3.27. The van der Waals surface area contributed by atoms with E-state index in [1.807, 2.05) is 6.92 Å². The van der Waals surface area contributed by atoms with Gasteiger partial charge < -0.3 is 14.7 Å². The molecule has 1 amide bonds. The van der Waals surface area contributed by atoms with Crippen LogP contribution in [0.2, 0.25) is 5.02 Å². The number of hydrogen-bond acceptors (Lipinski definition) is 3. The number of carboxylic acid groups (broad SMARTS) is 1. The molecule has 1 aliphatic heterocycles. The summed E-state index contributed by atoms with van der Waals surface area (Å²) in [6.45, 7) is 2.51. The van der Waals surface area contributed by atoms with E-state index >= 15 is 0 Å². The monoisotopic (exact) mass is 339 g/mol. The average Bonchev–Trinajstić information content (AvgIpc) is 2.52. The van der Waals surface area contributed by atoms with Gasteiger partial charge in [0, 0.05) is 24.0 Å². The first-order valence-corrected chi connectivity index (χ1v) is 8.25. The Kier molecular flexibility index (Phi) is 6.28. The highest BCUT2D eigenvalue weighted by Gasteiger charge is 2.27. The number of halogens is 1. The Morgan fingerprint density at radius 3 is 2.87 bits per heavy atom. The van der Waals surface area contributed by atoms with Gasteiger partial charge >= 0.3 is 5.97 Å². The molecule has 1 aliphatic rings. The third-order valence-electron chi connectivity index (χ3n) is 4.13. The summed E-state index contributed by atoms with van der Waals surface area (Å²) < 4.78 is 5.61. The van der Waals surface area contributed by atoms with Crippen molar-refractivity contribution in [3.05, 3.63) is 28.8 Å². The van der Waals surface area contributed by atoms with Crippen LogP contribution >= 0.6 is 11.6 Å². The quantitative estimate of drug-likeness (QED) is 0.863. The number of rotatable bonds is 6. The van der Waals surface area contributed by atoms with Crippen molar-refractivity contribution in [2.45, 2.75) is 45.1 Å². The number of aryl methyl sites for hydroxylation is 1. The molecule has 2 rings (SSSR count). The van der Waals surface area contributed by atoms with Gasteiger partial charge in [-0.1, -0.05) is 11.6 Å². The number of aliphatic carboxylic acids is 1. The van der Waals surface area contributed by atoms with Crippen molar-refractivity contribution in [1.82, 2.24) is 4.90 Å². The van der Waals surface area contributed by atoms with Gasteiger partial charge in [-0.2, -0.15) is 0 Å². The van der Waals surface area contributed by atoms with Crippen molar-refractivity contribution in [2.24, 2.45) is 0 Å². The second-order valence-electron chi connectivity index (χ2n) is 5.87. The third-order valence-corrected chi connectivity index (χ3v) is 4.36. The van der Waals surface area contributed by atoms with Crippen LogP contribution in [0.1, 0.15) is 37.7 Å². The van der Waals surface area contributed by atoms with Crippen molar-refractivity contribution in [2.75, 3.05) is 13.2 Å². The lowest BCUT2D eigenvalue weighted by Crippen LogP contribution is -2.46. The van der Waals surface area contributed by atoms with Gasteiger partial charge in [-0.25, -0.2) is 0 Å².